The normalized spacial score (nSPS) is 38.8. The maximum atomic E-state index is 6.38. The predicted octanol–water partition coefficient (Wildman–Crippen LogP) is 4.14. The molecule has 1 nitrogen and oxygen atoms in total. The van der Waals surface area contributed by atoms with Crippen LogP contribution in [0.3, 0.4) is 0 Å². The van der Waals surface area contributed by atoms with Crippen LogP contribution in [-0.2, 0) is 5.41 Å². The minimum Gasteiger partial charge on any atom is -0.486 e. The van der Waals surface area contributed by atoms with Gasteiger partial charge in [0.05, 0.1) is 0 Å². The van der Waals surface area contributed by atoms with E-state index in [9.17, 15) is 0 Å². The van der Waals surface area contributed by atoms with Crippen LogP contribution in [0.1, 0.15) is 50.3 Å². The molecule has 0 spiro atoms. The lowest BCUT2D eigenvalue weighted by Crippen LogP contribution is -2.42. The van der Waals surface area contributed by atoms with Gasteiger partial charge in [0.15, 0.2) is 0 Å². The van der Waals surface area contributed by atoms with E-state index in [0.29, 0.717) is 0 Å². The molecule has 92 valence electrons. The first-order chi connectivity index (χ1) is 7.86. The SMILES string of the molecule is Cc1cc(C)c2c(c1)C1(C)C[C@@H](C)CC1(C)O2. The minimum absolute atomic E-state index is 0.00725. The van der Waals surface area contributed by atoms with E-state index in [1.807, 2.05) is 0 Å². The van der Waals surface area contributed by atoms with E-state index in [4.69, 9.17) is 4.74 Å². The van der Waals surface area contributed by atoms with Gasteiger partial charge in [-0.25, -0.2) is 0 Å². The zero-order valence-corrected chi connectivity index (χ0v) is 11.6. The summed E-state index contributed by atoms with van der Waals surface area (Å²) in [5.74, 6) is 1.92. The van der Waals surface area contributed by atoms with Crippen molar-refractivity contribution in [2.24, 2.45) is 5.92 Å². The number of benzene rings is 1. The van der Waals surface area contributed by atoms with Gasteiger partial charge in [-0.05, 0) is 45.1 Å². The molecule has 1 aromatic rings. The Balaban J connectivity index is 2.23. The van der Waals surface area contributed by atoms with Crippen molar-refractivity contribution in [2.75, 3.05) is 0 Å². The summed E-state index contributed by atoms with van der Waals surface area (Å²) in [6, 6.07) is 4.57. The van der Waals surface area contributed by atoms with E-state index in [-0.39, 0.29) is 11.0 Å². The van der Waals surface area contributed by atoms with Crippen molar-refractivity contribution >= 4 is 0 Å². The predicted molar refractivity (Wildman–Crippen MR) is 70.7 cm³/mol. The summed E-state index contributed by atoms with van der Waals surface area (Å²) in [6.45, 7) is 11.4. The van der Waals surface area contributed by atoms with Gasteiger partial charge in [0.25, 0.3) is 0 Å². The molecule has 3 atom stereocenters. The Labute approximate surface area is 104 Å². The van der Waals surface area contributed by atoms with E-state index in [1.54, 1.807) is 0 Å². The van der Waals surface area contributed by atoms with Crippen molar-refractivity contribution < 1.29 is 4.74 Å². The third-order valence-electron chi connectivity index (χ3n) is 5.00. The Kier molecular flexibility index (Phi) is 2.01. The highest BCUT2D eigenvalue weighted by Crippen LogP contribution is 2.60. The first kappa shape index (κ1) is 11.1. The zero-order valence-electron chi connectivity index (χ0n) is 11.6. The maximum absolute atomic E-state index is 6.38. The molecule has 0 aromatic heterocycles. The summed E-state index contributed by atoms with van der Waals surface area (Å²) < 4.78 is 6.38. The van der Waals surface area contributed by atoms with Crippen LogP contribution in [0.25, 0.3) is 0 Å². The average Bonchev–Trinajstić information content (AvgIpc) is 2.52. The Morgan fingerprint density at radius 3 is 2.59 bits per heavy atom. The maximum Gasteiger partial charge on any atom is 0.127 e. The first-order valence-electron chi connectivity index (χ1n) is 6.66. The number of rotatable bonds is 0. The molecule has 1 heteroatoms. The van der Waals surface area contributed by atoms with Crippen molar-refractivity contribution in [1.29, 1.82) is 0 Å². The Hall–Kier alpha value is -0.980. The molecule has 3 rings (SSSR count). The summed E-state index contributed by atoms with van der Waals surface area (Å²) >= 11 is 0. The van der Waals surface area contributed by atoms with Crippen LogP contribution in [0.15, 0.2) is 12.1 Å². The summed E-state index contributed by atoms with van der Waals surface area (Å²) in [4.78, 5) is 0. The number of fused-ring (bicyclic) bond motifs is 3. The molecule has 17 heavy (non-hydrogen) atoms. The fourth-order valence-electron chi connectivity index (χ4n) is 4.15. The van der Waals surface area contributed by atoms with Crippen LogP contribution in [-0.4, -0.2) is 5.60 Å². The van der Waals surface area contributed by atoms with Gasteiger partial charge in [-0.2, -0.15) is 0 Å². The number of aryl methyl sites for hydroxylation is 2. The van der Waals surface area contributed by atoms with E-state index in [0.717, 1.165) is 11.7 Å². The molecule has 1 heterocycles. The highest BCUT2D eigenvalue weighted by Gasteiger charge is 2.59. The molecule has 1 fully saturated rings. The standard InChI is InChI=1S/C16H22O/c1-10-6-12(3)14-13(7-10)15(4)8-11(2)9-16(15,5)17-14/h6-7,11H,8-9H2,1-5H3/t11-,15?,16?/m1/s1. The third kappa shape index (κ3) is 1.26. The molecule has 1 aliphatic carbocycles. The molecular weight excluding hydrogens is 208 g/mol. The molecule has 2 unspecified atom stereocenters. The van der Waals surface area contributed by atoms with Crippen LogP contribution in [0.2, 0.25) is 0 Å². The Morgan fingerprint density at radius 2 is 1.88 bits per heavy atom. The second-order valence-electron chi connectivity index (χ2n) is 6.64. The summed E-state index contributed by atoms with van der Waals surface area (Å²) in [6.07, 6.45) is 2.43. The quantitative estimate of drug-likeness (QED) is 0.651. The smallest absolute Gasteiger partial charge is 0.127 e. The summed E-state index contributed by atoms with van der Waals surface area (Å²) in [5, 5.41) is 0. The van der Waals surface area contributed by atoms with Gasteiger partial charge >= 0.3 is 0 Å². The lowest BCUT2D eigenvalue weighted by molar-refractivity contribution is 0.0654. The molecule has 0 radical (unpaired) electrons. The van der Waals surface area contributed by atoms with Gasteiger partial charge in [-0.1, -0.05) is 31.5 Å². The second-order valence-corrected chi connectivity index (χ2v) is 6.64. The topological polar surface area (TPSA) is 9.23 Å². The average molecular weight is 230 g/mol. The minimum atomic E-state index is 0.00725. The van der Waals surface area contributed by atoms with E-state index in [1.165, 1.54) is 29.5 Å². The molecular formula is C16H22O. The number of hydrogen-bond donors (Lipinski definition) is 0. The molecule has 0 N–H and O–H groups in total. The number of hydrogen-bond acceptors (Lipinski definition) is 1. The van der Waals surface area contributed by atoms with E-state index in [2.05, 4.69) is 46.8 Å². The lowest BCUT2D eigenvalue weighted by atomic mass is 9.73. The van der Waals surface area contributed by atoms with E-state index < -0.39 is 0 Å². The molecule has 0 amide bonds. The Morgan fingerprint density at radius 1 is 1.18 bits per heavy atom. The highest BCUT2D eigenvalue weighted by atomic mass is 16.5. The fraction of sp³-hybridized carbons (Fsp3) is 0.625. The summed E-state index contributed by atoms with van der Waals surface area (Å²) in [7, 11) is 0. The highest BCUT2D eigenvalue weighted by molar-refractivity contribution is 5.54. The van der Waals surface area contributed by atoms with Gasteiger partial charge in [0, 0.05) is 11.0 Å². The molecule has 0 saturated heterocycles. The monoisotopic (exact) mass is 230 g/mol. The number of ether oxygens (including phenoxy) is 1. The molecule has 1 aliphatic heterocycles. The van der Waals surface area contributed by atoms with Crippen molar-refractivity contribution in [3.05, 3.63) is 28.8 Å². The van der Waals surface area contributed by atoms with Crippen molar-refractivity contribution in [3.8, 4) is 5.75 Å². The largest absolute Gasteiger partial charge is 0.486 e. The molecule has 1 saturated carbocycles. The Bertz CT molecular complexity index is 491. The van der Waals surface area contributed by atoms with Gasteiger partial charge in [0.1, 0.15) is 11.4 Å². The van der Waals surface area contributed by atoms with E-state index >= 15 is 0 Å². The van der Waals surface area contributed by atoms with Crippen LogP contribution in [0.5, 0.6) is 5.75 Å². The summed E-state index contributed by atoms with van der Waals surface area (Å²) in [5.41, 5.74) is 4.31. The third-order valence-corrected chi connectivity index (χ3v) is 5.00. The van der Waals surface area contributed by atoms with Crippen LogP contribution >= 0.6 is 0 Å². The van der Waals surface area contributed by atoms with Crippen molar-refractivity contribution in [3.63, 3.8) is 0 Å². The van der Waals surface area contributed by atoms with Crippen molar-refractivity contribution in [1.82, 2.24) is 0 Å². The lowest BCUT2D eigenvalue weighted by Gasteiger charge is -2.33. The van der Waals surface area contributed by atoms with Crippen LogP contribution < -0.4 is 4.74 Å². The van der Waals surface area contributed by atoms with Gasteiger partial charge in [-0.3, -0.25) is 0 Å². The molecule has 1 aromatic carbocycles. The zero-order chi connectivity index (χ0) is 12.4. The van der Waals surface area contributed by atoms with Gasteiger partial charge < -0.3 is 4.74 Å². The fourth-order valence-corrected chi connectivity index (χ4v) is 4.15. The molecule has 2 aliphatic rings. The van der Waals surface area contributed by atoms with Gasteiger partial charge in [-0.15, -0.1) is 0 Å². The molecule has 0 bridgehead atoms. The van der Waals surface area contributed by atoms with Crippen molar-refractivity contribution in [2.45, 2.75) is 58.5 Å². The van der Waals surface area contributed by atoms with Gasteiger partial charge in [0.2, 0.25) is 0 Å². The first-order valence-corrected chi connectivity index (χ1v) is 6.66. The second kappa shape index (κ2) is 3.07. The van der Waals surface area contributed by atoms with Crippen LogP contribution in [0, 0.1) is 19.8 Å². The van der Waals surface area contributed by atoms with Crippen LogP contribution in [0.4, 0.5) is 0 Å².